The number of aromatic nitrogens is 4. The van der Waals surface area contributed by atoms with Crippen LogP contribution in [0.4, 0.5) is 0 Å². The first kappa shape index (κ1) is 75.2. The van der Waals surface area contributed by atoms with Crippen LogP contribution in [0, 0.1) is 0 Å². The fourth-order valence-electron chi connectivity index (χ4n) is 12.6. The minimum absolute atomic E-state index is 0.0624. The van der Waals surface area contributed by atoms with E-state index in [4.69, 9.17) is 70.4 Å². The van der Waals surface area contributed by atoms with E-state index in [0.717, 1.165) is 33.8 Å². The summed E-state index contributed by atoms with van der Waals surface area (Å²) in [6.45, 7) is 2.97. The number of hydrogen-bond donors (Lipinski definition) is 6. The Morgan fingerprint density at radius 2 is 0.937 bits per heavy atom. The minimum atomic E-state index is -4.23. The van der Waals surface area contributed by atoms with Gasteiger partial charge in [-0.1, -0.05) is 24.3 Å². The average molecular weight is 1430 g/mol. The average Bonchev–Trinajstić information content (AvgIpc) is 0.758. The molecule has 0 spiro atoms. The zero-order valence-electron chi connectivity index (χ0n) is 53.3. The predicted molar refractivity (Wildman–Crippen MR) is 326 cm³/mol. The molecule has 36 nitrogen and oxygen atoms in total. The van der Waals surface area contributed by atoms with Gasteiger partial charge in [0.25, 0.3) is 16.7 Å². The Hall–Kier alpha value is -3.98. The van der Waals surface area contributed by atoms with E-state index in [9.17, 15) is 57.0 Å². The summed E-state index contributed by atoms with van der Waals surface area (Å²) in [5, 5.41) is 3.96. The van der Waals surface area contributed by atoms with Crippen molar-refractivity contribution in [2.24, 2.45) is 0 Å². The summed E-state index contributed by atoms with van der Waals surface area (Å²) < 4.78 is 153. The van der Waals surface area contributed by atoms with Crippen molar-refractivity contribution >= 4 is 42.0 Å². The lowest BCUT2D eigenvalue weighted by Crippen LogP contribution is -2.69. The van der Waals surface area contributed by atoms with Gasteiger partial charge in [0, 0.05) is 112 Å². The number of phosphoric acid groups is 3. The summed E-state index contributed by atoms with van der Waals surface area (Å²) in [4.78, 5) is 89.1. The van der Waals surface area contributed by atoms with Crippen LogP contribution in [0.1, 0.15) is 51.3 Å². The molecule has 16 rings (SSSR count). The van der Waals surface area contributed by atoms with Crippen molar-refractivity contribution < 1.29 is 126 Å². The Morgan fingerprint density at radius 3 is 1.43 bits per heavy atom. The van der Waals surface area contributed by atoms with Crippen molar-refractivity contribution in [2.75, 3.05) is 110 Å². The van der Waals surface area contributed by atoms with E-state index in [1.54, 1.807) is 36.7 Å². The number of nitrogens with one attached hydrogen (secondary N) is 2. The highest BCUT2D eigenvalue weighted by molar-refractivity contribution is 7.50. The number of H-pyrrole nitrogens is 1. The highest BCUT2D eigenvalue weighted by Gasteiger charge is 2.61. The largest absolute Gasteiger partial charge is 0.472 e. The van der Waals surface area contributed by atoms with Gasteiger partial charge >= 0.3 is 36.9 Å². The zero-order chi connectivity index (χ0) is 68.9. The Balaban J connectivity index is 0.000000151. The van der Waals surface area contributed by atoms with Crippen LogP contribution in [0.2, 0.25) is 0 Å². The number of aromatic amines is 1. The summed E-state index contributed by atoms with van der Waals surface area (Å²) >= 11 is 0. The molecule has 15 heterocycles. The van der Waals surface area contributed by atoms with Gasteiger partial charge in [0.1, 0.15) is 59.0 Å². The van der Waals surface area contributed by atoms with Crippen molar-refractivity contribution in [3.05, 3.63) is 115 Å². The molecule has 532 valence electrons. The summed E-state index contributed by atoms with van der Waals surface area (Å²) in [5.74, 6) is 0. The molecule has 40 heteroatoms. The maximum Gasteiger partial charge on any atom is 0.472 e. The van der Waals surface area contributed by atoms with Crippen LogP contribution in [0.5, 0.6) is 0 Å². The molecule has 12 saturated heterocycles. The lowest BCUT2D eigenvalue weighted by atomic mass is 9.85. The third-order valence-electron chi connectivity index (χ3n) is 17.3. The van der Waals surface area contributed by atoms with Crippen LogP contribution in [0.3, 0.4) is 0 Å². The fourth-order valence-corrected chi connectivity index (χ4v) is 15.5. The maximum absolute atomic E-state index is 13.0. The van der Waals surface area contributed by atoms with Crippen LogP contribution in [-0.2, 0) is 107 Å². The second-order valence-corrected chi connectivity index (χ2v) is 29.6. The van der Waals surface area contributed by atoms with Gasteiger partial charge < -0.3 is 80.9 Å². The van der Waals surface area contributed by atoms with Gasteiger partial charge in [-0.05, 0) is 36.9 Å². The predicted octanol–water partition coefficient (Wildman–Crippen LogP) is 2.18. The molecule has 3 aromatic heterocycles. The molecule has 12 unspecified atom stereocenters. The number of ether oxygens (including phenoxy) is 12. The molecule has 12 aliphatic heterocycles. The number of benzene rings is 1. The molecule has 0 saturated carbocycles. The molecule has 0 amide bonds. The smallest absolute Gasteiger partial charge is 0.382 e. The highest BCUT2D eigenvalue weighted by Crippen LogP contribution is 2.55. The first-order valence-electron chi connectivity index (χ1n) is 29.6. The molecule has 12 aliphatic rings. The Kier molecular flexibility index (Phi) is 24.4. The molecule has 95 heavy (non-hydrogen) atoms. The highest BCUT2D eigenvalue weighted by atomic mass is 31.2. The van der Waals surface area contributed by atoms with E-state index in [-0.39, 0.29) is 95.4 Å². The number of hydrogen-bond acceptors (Lipinski definition) is 27. The summed E-state index contributed by atoms with van der Waals surface area (Å²) in [7, 11) is -6.07. The molecule has 6 N–H and O–H groups in total. The molecule has 8 bridgehead atoms. The third-order valence-corrected chi connectivity index (χ3v) is 21.4. The molecular formula is C55H81N5O31P4. The molecule has 20 atom stereocenters. The van der Waals surface area contributed by atoms with Gasteiger partial charge in [0.2, 0.25) is 0 Å². The van der Waals surface area contributed by atoms with Crippen molar-refractivity contribution in [2.45, 2.75) is 129 Å². The SMILES string of the molecule is COC[C@]12COC(C[C@H]1NP(=O)(O)OC)C(n1ccc(=O)[nH]c1=O)O2.COC[C@]12COC(C[C@H]1OP(=O)(O)OC)C(C)O2.COC[C@]12COC(C[C@H]1OP(=O)(O)OC)C(n1ccc3ccccc3c1=O)O2.COC[C@]12COC(C[C@H]1OP(=O)(O)OC)C(n1ccccc1=O)O2. The van der Waals surface area contributed by atoms with E-state index in [1.807, 2.05) is 25.1 Å². The first-order chi connectivity index (χ1) is 45.0. The van der Waals surface area contributed by atoms with Crippen LogP contribution in [0.25, 0.3) is 10.8 Å². The van der Waals surface area contributed by atoms with Gasteiger partial charge in [-0.25, -0.2) is 28.1 Å². The lowest BCUT2D eigenvalue weighted by Gasteiger charge is -2.54. The van der Waals surface area contributed by atoms with Gasteiger partial charge in [-0.2, -0.15) is 0 Å². The van der Waals surface area contributed by atoms with E-state index in [1.165, 1.54) is 60.5 Å². The summed E-state index contributed by atoms with van der Waals surface area (Å²) in [5.41, 5.74) is -5.77. The molecule has 12 fully saturated rings. The van der Waals surface area contributed by atoms with Crippen molar-refractivity contribution in [3.8, 4) is 0 Å². The topological polar surface area (TPSA) is 435 Å². The van der Waals surface area contributed by atoms with Crippen LogP contribution < -0.4 is 27.5 Å². The van der Waals surface area contributed by atoms with Crippen molar-refractivity contribution in [1.29, 1.82) is 0 Å². The van der Waals surface area contributed by atoms with E-state index < -0.39 is 126 Å². The summed E-state index contributed by atoms with van der Waals surface area (Å²) in [6, 6.07) is 14.5. The summed E-state index contributed by atoms with van der Waals surface area (Å²) in [6.07, 6.45) is -0.207. The Labute approximate surface area is 543 Å². The maximum atomic E-state index is 13.0. The van der Waals surface area contributed by atoms with E-state index in [2.05, 4.69) is 28.2 Å². The van der Waals surface area contributed by atoms with Crippen LogP contribution in [0.15, 0.2) is 92.4 Å². The first-order valence-corrected chi connectivity index (χ1v) is 35.7. The van der Waals surface area contributed by atoms with E-state index in [0.29, 0.717) is 11.8 Å². The Morgan fingerprint density at radius 1 is 0.505 bits per heavy atom. The fraction of sp³-hybridized carbons (Fsp3) is 0.673. The number of methoxy groups -OCH3 is 4. The van der Waals surface area contributed by atoms with Crippen LogP contribution in [-0.4, -0.2) is 225 Å². The standard InChI is InChI=1S/C18H22NO8P.C14H20NO8P.C13H20N3O8P.C10H19O7P/c1-23-10-18-11-25-14(9-15(18)27-28(21,22)24-2)17(26-18)19-8-7-12-5-3-4-6-13(12)16(19)20;1-19-8-14-9-21-10(7-11(14)23-24(17,18)20-2)13(22-14)15-6-4-3-5-12(15)16;1-21-6-13-7-23-8(5-9(13)15-25(19,20)22-2)11(24-13)16-4-3-10(17)14-12(16)18;1-7-8-4-9(17-18(11,12)14-3)10(16-7,5-13-2)6-15-8/h3-8,14-15,17H,9-11H2,1-2H3,(H,21,22);3-6,10-11,13H,7-9H2,1-2H3,(H,17,18);3-4,8-9,11H,5-7H2,1-2H3,(H,14,17,18)(H2,15,19,20);7-9H,4-6H2,1-3H3,(H,11,12)/t14?,15-,17?,18+;10?,11-,13?,14+;8?,9-,11?,13+;7?,8?,9-,10+/m1111/s1. The molecule has 0 aliphatic carbocycles. The lowest BCUT2D eigenvalue weighted by molar-refractivity contribution is -0.334. The van der Waals surface area contributed by atoms with Crippen molar-refractivity contribution in [1.82, 2.24) is 23.8 Å². The normalized spacial score (nSPS) is 35.2. The number of phosphoric ester groups is 3. The monoisotopic (exact) mass is 1430 g/mol. The number of rotatable bonds is 23. The molecule has 0 radical (unpaired) electrons. The minimum Gasteiger partial charge on any atom is -0.382 e. The second kappa shape index (κ2) is 30.9. The number of pyridine rings is 2. The van der Waals surface area contributed by atoms with Gasteiger partial charge in [-0.15, -0.1) is 0 Å². The molecule has 4 aromatic rings. The molecule has 1 aromatic carbocycles. The van der Waals surface area contributed by atoms with Gasteiger partial charge in [0.05, 0.1) is 71.1 Å². The zero-order valence-corrected chi connectivity index (χ0v) is 56.9. The molecular weight excluding hydrogens is 1350 g/mol. The van der Waals surface area contributed by atoms with Gasteiger partial charge in [0.15, 0.2) is 18.7 Å². The third kappa shape index (κ3) is 16.8. The van der Waals surface area contributed by atoms with Gasteiger partial charge in [-0.3, -0.25) is 60.2 Å². The number of nitrogens with zero attached hydrogens (tertiary/aromatic N) is 3. The van der Waals surface area contributed by atoms with E-state index >= 15 is 0 Å². The van der Waals surface area contributed by atoms with Crippen LogP contribution >= 0.6 is 31.2 Å². The van der Waals surface area contributed by atoms with Crippen molar-refractivity contribution in [3.63, 3.8) is 0 Å². The Bertz CT molecular complexity index is 3720. The quantitative estimate of drug-likeness (QED) is 0.0580. The second-order valence-electron chi connectivity index (χ2n) is 23.4. The number of fused-ring (bicyclic) bond motifs is 13.